The van der Waals surface area contributed by atoms with Gasteiger partial charge in [-0.2, -0.15) is 0 Å². The quantitative estimate of drug-likeness (QED) is 0.783. The predicted octanol–water partition coefficient (Wildman–Crippen LogP) is 2.77. The second-order valence-corrected chi connectivity index (χ2v) is 5.81. The minimum Gasteiger partial charge on any atom is -0.493 e. The fourth-order valence-corrected chi connectivity index (χ4v) is 2.91. The minimum atomic E-state index is -0.138. The molecule has 6 heteroatoms. The maximum atomic E-state index is 11.8. The van der Waals surface area contributed by atoms with Crippen LogP contribution < -0.4 is 14.8 Å². The summed E-state index contributed by atoms with van der Waals surface area (Å²) in [6.07, 6.45) is 5.45. The average Bonchev–Trinajstić information content (AvgIpc) is 3.03. The molecular formula is C16H20BrNO4. The van der Waals surface area contributed by atoms with Gasteiger partial charge in [-0.3, -0.25) is 4.79 Å². The highest BCUT2D eigenvalue weighted by molar-refractivity contribution is 9.10. The molecule has 1 aromatic carbocycles. The summed E-state index contributed by atoms with van der Waals surface area (Å²) in [7, 11) is 3.16. The summed E-state index contributed by atoms with van der Waals surface area (Å²) in [4.78, 5) is 11.8. The molecule has 1 aliphatic rings. The highest BCUT2D eigenvalue weighted by Crippen LogP contribution is 2.36. The van der Waals surface area contributed by atoms with Crippen LogP contribution >= 0.6 is 15.9 Å². The second kappa shape index (κ2) is 8.19. The number of benzene rings is 1. The summed E-state index contributed by atoms with van der Waals surface area (Å²) in [6, 6.07) is 3.68. The molecule has 0 bridgehead atoms. The third kappa shape index (κ3) is 4.48. The Hall–Kier alpha value is -1.53. The van der Waals surface area contributed by atoms with Crippen molar-refractivity contribution >= 4 is 27.9 Å². The van der Waals surface area contributed by atoms with E-state index >= 15 is 0 Å². The van der Waals surface area contributed by atoms with Crippen molar-refractivity contribution in [2.75, 3.05) is 27.4 Å². The number of ether oxygens (including phenoxy) is 3. The SMILES string of the molecule is COc1cc(/C=C/C(=O)NCC2CCCO2)cc(Br)c1OC. The molecule has 120 valence electrons. The average molecular weight is 370 g/mol. The Morgan fingerprint density at radius 3 is 2.91 bits per heavy atom. The van der Waals surface area contributed by atoms with Crippen molar-refractivity contribution < 1.29 is 19.0 Å². The lowest BCUT2D eigenvalue weighted by Gasteiger charge is -2.10. The fraction of sp³-hybridized carbons (Fsp3) is 0.438. The Bertz CT molecular complexity index is 553. The second-order valence-electron chi connectivity index (χ2n) is 4.95. The van der Waals surface area contributed by atoms with Gasteiger partial charge in [-0.25, -0.2) is 0 Å². The molecular weight excluding hydrogens is 350 g/mol. The smallest absolute Gasteiger partial charge is 0.244 e. The molecule has 1 aliphatic heterocycles. The maximum absolute atomic E-state index is 11.8. The summed E-state index contributed by atoms with van der Waals surface area (Å²) in [5.74, 6) is 1.10. The molecule has 2 rings (SSSR count). The number of hydrogen-bond acceptors (Lipinski definition) is 4. The summed E-state index contributed by atoms with van der Waals surface area (Å²) >= 11 is 3.43. The van der Waals surface area contributed by atoms with Crippen LogP contribution in [0.4, 0.5) is 0 Å². The number of methoxy groups -OCH3 is 2. The number of hydrogen-bond donors (Lipinski definition) is 1. The van der Waals surface area contributed by atoms with Crippen LogP contribution in [-0.4, -0.2) is 39.4 Å². The highest BCUT2D eigenvalue weighted by Gasteiger charge is 2.15. The Morgan fingerprint density at radius 2 is 2.27 bits per heavy atom. The van der Waals surface area contributed by atoms with E-state index in [2.05, 4.69) is 21.2 Å². The molecule has 0 saturated carbocycles. The third-order valence-electron chi connectivity index (χ3n) is 3.41. The van der Waals surface area contributed by atoms with Crippen LogP contribution in [0.25, 0.3) is 6.08 Å². The van der Waals surface area contributed by atoms with Gasteiger partial charge in [0.1, 0.15) is 0 Å². The van der Waals surface area contributed by atoms with Crippen LogP contribution in [-0.2, 0) is 9.53 Å². The first-order valence-corrected chi connectivity index (χ1v) is 7.92. The first-order chi connectivity index (χ1) is 10.6. The molecule has 1 fully saturated rings. The number of rotatable bonds is 6. The lowest BCUT2D eigenvalue weighted by Crippen LogP contribution is -2.30. The van der Waals surface area contributed by atoms with Gasteiger partial charge < -0.3 is 19.5 Å². The van der Waals surface area contributed by atoms with Gasteiger partial charge in [0.25, 0.3) is 0 Å². The Kier molecular flexibility index (Phi) is 6.27. The first-order valence-electron chi connectivity index (χ1n) is 7.13. The number of halogens is 1. The van der Waals surface area contributed by atoms with E-state index in [1.54, 1.807) is 20.3 Å². The van der Waals surface area contributed by atoms with Gasteiger partial charge >= 0.3 is 0 Å². The van der Waals surface area contributed by atoms with Crippen molar-refractivity contribution in [2.45, 2.75) is 18.9 Å². The molecule has 5 nitrogen and oxygen atoms in total. The van der Waals surface area contributed by atoms with Crippen LogP contribution in [0.15, 0.2) is 22.7 Å². The van der Waals surface area contributed by atoms with E-state index in [-0.39, 0.29) is 12.0 Å². The number of carbonyl (C=O) groups excluding carboxylic acids is 1. The van der Waals surface area contributed by atoms with E-state index in [0.717, 1.165) is 29.5 Å². The maximum Gasteiger partial charge on any atom is 0.244 e. The van der Waals surface area contributed by atoms with Crippen molar-refractivity contribution in [1.29, 1.82) is 0 Å². The van der Waals surface area contributed by atoms with Crippen LogP contribution in [0, 0.1) is 0 Å². The van der Waals surface area contributed by atoms with Gasteiger partial charge in [0.2, 0.25) is 5.91 Å². The van der Waals surface area contributed by atoms with Gasteiger partial charge in [0.05, 0.1) is 24.8 Å². The number of nitrogens with one attached hydrogen (secondary N) is 1. The summed E-state index contributed by atoms with van der Waals surface area (Å²) in [5, 5.41) is 2.84. The molecule has 1 saturated heterocycles. The first kappa shape index (κ1) is 16.8. The van der Waals surface area contributed by atoms with Crippen molar-refractivity contribution in [1.82, 2.24) is 5.32 Å². The molecule has 1 unspecified atom stereocenters. The van der Waals surface area contributed by atoms with E-state index in [1.165, 1.54) is 6.08 Å². The largest absolute Gasteiger partial charge is 0.493 e. The normalized spacial score (nSPS) is 17.7. The van der Waals surface area contributed by atoms with E-state index in [0.29, 0.717) is 18.0 Å². The van der Waals surface area contributed by atoms with Gasteiger partial charge in [-0.1, -0.05) is 0 Å². The predicted molar refractivity (Wildman–Crippen MR) is 88.3 cm³/mol. The van der Waals surface area contributed by atoms with Crippen LogP contribution in [0.1, 0.15) is 18.4 Å². The zero-order chi connectivity index (χ0) is 15.9. The van der Waals surface area contributed by atoms with Crippen LogP contribution in [0.5, 0.6) is 11.5 Å². The van der Waals surface area contributed by atoms with Crippen molar-refractivity contribution in [3.05, 3.63) is 28.2 Å². The molecule has 1 N–H and O–H groups in total. The minimum absolute atomic E-state index is 0.138. The van der Waals surface area contributed by atoms with Crippen LogP contribution in [0.2, 0.25) is 0 Å². The van der Waals surface area contributed by atoms with E-state index in [4.69, 9.17) is 14.2 Å². The molecule has 0 radical (unpaired) electrons. The zero-order valence-electron chi connectivity index (χ0n) is 12.7. The number of amides is 1. The lowest BCUT2D eigenvalue weighted by atomic mass is 10.2. The molecule has 1 aromatic rings. The molecule has 1 heterocycles. The zero-order valence-corrected chi connectivity index (χ0v) is 14.3. The fourth-order valence-electron chi connectivity index (χ4n) is 2.28. The van der Waals surface area contributed by atoms with Crippen molar-refractivity contribution in [3.8, 4) is 11.5 Å². The van der Waals surface area contributed by atoms with E-state index < -0.39 is 0 Å². The number of carbonyl (C=O) groups is 1. The van der Waals surface area contributed by atoms with E-state index in [1.807, 2.05) is 12.1 Å². The van der Waals surface area contributed by atoms with Gasteiger partial charge in [0, 0.05) is 19.2 Å². The molecule has 22 heavy (non-hydrogen) atoms. The third-order valence-corrected chi connectivity index (χ3v) is 4.00. The summed E-state index contributed by atoms with van der Waals surface area (Å²) in [5.41, 5.74) is 0.844. The van der Waals surface area contributed by atoms with Gasteiger partial charge in [-0.05, 0) is 52.5 Å². The Labute approximate surface area is 138 Å². The summed E-state index contributed by atoms with van der Waals surface area (Å²) in [6.45, 7) is 1.34. The molecule has 0 aliphatic carbocycles. The van der Waals surface area contributed by atoms with E-state index in [9.17, 15) is 4.79 Å². The van der Waals surface area contributed by atoms with Crippen molar-refractivity contribution in [2.24, 2.45) is 0 Å². The Balaban J connectivity index is 1.96. The molecule has 0 aromatic heterocycles. The summed E-state index contributed by atoms with van der Waals surface area (Å²) < 4.78 is 16.8. The topological polar surface area (TPSA) is 56.8 Å². The van der Waals surface area contributed by atoms with Crippen LogP contribution in [0.3, 0.4) is 0 Å². The van der Waals surface area contributed by atoms with Gasteiger partial charge in [-0.15, -0.1) is 0 Å². The molecule has 0 spiro atoms. The Morgan fingerprint density at radius 1 is 1.45 bits per heavy atom. The highest BCUT2D eigenvalue weighted by atomic mass is 79.9. The standard InChI is InChI=1S/C16H20BrNO4/c1-20-14-9-11(8-13(17)16(14)21-2)5-6-15(19)18-10-12-4-3-7-22-12/h5-6,8-9,12H,3-4,7,10H2,1-2H3,(H,18,19)/b6-5+. The monoisotopic (exact) mass is 369 g/mol. The molecule has 1 atom stereocenters. The molecule has 1 amide bonds. The van der Waals surface area contributed by atoms with Crippen molar-refractivity contribution in [3.63, 3.8) is 0 Å². The lowest BCUT2D eigenvalue weighted by molar-refractivity contribution is -0.116. The van der Waals surface area contributed by atoms with Gasteiger partial charge in [0.15, 0.2) is 11.5 Å².